The summed E-state index contributed by atoms with van der Waals surface area (Å²) >= 11 is 0. The highest BCUT2D eigenvalue weighted by Gasteiger charge is 2.41. The maximum absolute atomic E-state index is 13.8. The minimum absolute atomic E-state index is 0.0535. The summed E-state index contributed by atoms with van der Waals surface area (Å²) in [5, 5.41) is 14.2. The van der Waals surface area contributed by atoms with Crippen molar-refractivity contribution in [2.45, 2.75) is 51.1 Å². The van der Waals surface area contributed by atoms with Gasteiger partial charge >= 0.3 is 6.18 Å². The predicted molar refractivity (Wildman–Crippen MR) is 98.5 cm³/mol. The van der Waals surface area contributed by atoms with Crippen molar-refractivity contribution in [2.75, 3.05) is 0 Å². The molecule has 5 nitrogen and oxygen atoms in total. The molecule has 2 aromatic heterocycles. The minimum Gasteiger partial charge on any atom is -0.507 e. The van der Waals surface area contributed by atoms with Gasteiger partial charge in [0.25, 0.3) is 5.56 Å². The van der Waals surface area contributed by atoms with Gasteiger partial charge in [-0.15, -0.1) is 0 Å². The van der Waals surface area contributed by atoms with E-state index in [1.54, 1.807) is 19.1 Å². The van der Waals surface area contributed by atoms with Crippen LogP contribution in [0.1, 0.15) is 54.8 Å². The SMILES string of the molecule is Cc1ccc(-c2cc(=O)[nH]c3c(C4CCCCC4)c(C(F)(F)F)nn23)c(O)c1. The molecule has 2 heterocycles. The number of hydrogen-bond acceptors (Lipinski definition) is 3. The lowest BCUT2D eigenvalue weighted by Gasteiger charge is -2.22. The average Bonchev–Trinajstić information content (AvgIpc) is 3.01. The maximum Gasteiger partial charge on any atom is 0.435 e. The molecule has 0 amide bonds. The molecule has 2 N–H and O–H groups in total. The summed E-state index contributed by atoms with van der Waals surface area (Å²) in [5.41, 5.74) is -0.208. The Kier molecular flexibility index (Phi) is 4.44. The fraction of sp³-hybridized carbons (Fsp3) is 0.400. The Labute approximate surface area is 158 Å². The molecule has 148 valence electrons. The molecule has 0 unspecified atom stereocenters. The topological polar surface area (TPSA) is 70.4 Å². The molecule has 0 spiro atoms. The molecule has 1 aliphatic rings. The Morgan fingerprint density at radius 2 is 1.89 bits per heavy atom. The highest BCUT2D eigenvalue weighted by Crippen LogP contribution is 2.42. The Hall–Kier alpha value is -2.77. The van der Waals surface area contributed by atoms with Gasteiger partial charge in [-0.25, -0.2) is 4.52 Å². The molecule has 0 radical (unpaired) electrons. The van der Waals surface area contributed by atoms with Gasteiger partial charge in [-0.05, 0) is 43.4 Å². The average molecular weight is 391 g/mol. The number of H-pyrrole nitrogens is 1. The van der Waals surface area contributed by atoms with Crippen LogP contribution in [0.4, 0.5) is 13.2 Å². The van der Waals surface area contributed by atoms with E-state index in [9.17, 15) is 23.1 Å². The number of phenolic OH excluding ortho intramolecular Hbond substituents is 1. The number of nitrogens with zero attached hydrogens (tertiary/aromatic N) is 2. The Morgan fingerprint density at radius 3 is 2.54 bits per heavy atom. The first-order valence-corrected chi connectivity index (χ1v) is 9.29. The molecule has 1 saturated carbocycles. The lowest BCUT2D eigenvalue weighted by atomic mass is 9.84. The molecule has 0 atom stereocenters. The standard InChI is InChI=1S/C20H20F3N3O2/c1-11-7-8-13(15(27)9-11)14-10-16(28)24-19-17(12-5-3-2-4-6-12)18(20(21,22)23)25-26(14)19/h7-10,12,27H,2-6H2,1H3,(H,24,28). The first kappa shape index (κ1) is 18.6. The zero-order chi connectivity index (χ0) is 20.1. The van der Waals surface area contributed by atoms with Crippen molar-refractivity contribution in [2.24, 2.45) is 0 Å². The van der Waals surface area contributed by atoms with E-state index in [0.717, 1.165) is 35.4 Å². The number of aryl methyl sites for hydroxylation is 1. The quantitative estimate of drug-likeness (QED) is 0.661. The van der Waals surface area contributed by atoms with E-state index < -0.39 is 17.4 Å². The van der Waals surface area contributed by atoms with Crippen LogP contribution in [0.15, 0.2) is 29.1 Å². The molecule has 28 heavy (non-hydrogen) atoms. The first-order chi connectivity index (χ1) is 13.3. The largest absolute Gasteiger partial charge is 0.507 e. The van der Waals surface area contributed by atoms with Gasteiger partial charge in [-0.2, -0.15) is 18.3 Å². The van der Waals surface area contributed by atoms with Crippen molar-refractivity contribution >= 4 is 5.65 Å². The van der Waals surface area contributed by atoms with E-state index in [2.05, 4.69) is 10.1 Å². The molecule has 1 fully saturated rings. The Bertz CT molecular complexity index is 1090. The second kappa shape index (κ2) is 6.68. The zero-order valence-corrected chi connectivity index (χ0v) is 15.3. The van der Waals surface area contributed by atoms with Crippen molar-refractivity contribution in [3.8, 4) is 17.0 Å². The van der Waals surface area contributed by atoms with Crippen molar-refractivity contribution in [1.82, 2.24) is 14.6 Å². The van der Waals surface area contributed by atoms with Crippen LogP contribution in [0.3, 0.4) is 0 Å². The first-order valence-electron chi connectivity index (χ1n) is 9.29. The van der Waals surface area contributed by atoms with Crippen LogP contribution >= 0.6 is 0 Å². The number of benzene rings is 1. The van der Waals surface area contributed by atoms with Gasteiger partial charge in [0.05, 0.1) is 5.69 Å². The van der Waals surface area contributed by atoms with Gasteiger partial charge in [0.15, 0.2) is 5.69 Å². The molecular weight excluding hydrogens is 371 g/mol. The number of nitrogens with one attached hydrogen (secondary N) is 1. The van der Waals surface area contributed by atoms with Gasteiger partial charge in [0, 0.05) is 17.2 Å². The summed E-state index contributed by atoms with van der Waals surface area (Å²) in [4.78, 5) is 14.8. The summed E-state index contributed by atoms with van der Waals surface area (Å²) in [6.45, 7) is 1.79. The summed E-state index contributed by atoms with van der Waals surface area (Å²) in [7, 11) is 0. The summed E-state index contributed by atoms with van der Waals surface area (Å²) < 4.78 is 42.5. The van der Waals surface area contributed by atoms with Crippen LogP contribution in [0, 0.1) is 6.92 Å². The summed E-state index contributed by atoms with van der Waals surface area (Å²) in [6, 6.07) is 5.96. The third-order valence-electron chi connectivity index (χ3n) is 5.37. The molecule has 8 heteroatoms. The number of hydrogen-bond donors (Lipinski definition) is 2. The van der Waals surface area contributed by atoms with Crippen molar-refractivity contribution in [3.63, 3.8) is 0 Å². The Balaban J connectivity index is 2.03. The van der Waals surface area contributed by atoms with E-state index >= 15 is 0 Å². The summed E-state index contributed by atoms with van der Waals surface area (Å²) in [5.74, 6) is -0.421. The number of halogens is 3. The van der Waals surface area contributed by atoms with Crippen LogP contribution in [0.25, 0.3) is 16.9 Å². The predicted octanol–water partition coefficient (Wildman–Crippen LogP) is 4.77. The molecule has 1 aromatic carbocycles. The minimum atomic E-state index is -4.64. The summed E-state index contributed by atoms with van der Waals surface area (Å²) in [6.07, 6.45) is -0.679. The number of alkyl halides is 3. The molecule has 0 saturated heterocycles. The van der Waals surface area contributed by atoms with Gasteiger partial charge in [0.2, 0.25) is 0 Å². The number of aromatic amines is 1. The fourth-order valence-corrected chi connectivity index (χ4v) is 4.10. The van der Waals surface area contributed by atoms with Crippen LogP contribution in [-0.2, 0) is 6.18 Å². The van der Waals surface area contributed by atoms with Crippen LogP contribution in [0.5, 0.6) is 5.75 Å². The third-order valence-corrected chi connectivity index (χ3v) is 5.37. The number of aromatic nitrogens is 3. The van der Waals surface area contributed by atoms with Crippen LogP contribution in [0.2, 0.25) is 0 Å². The molecule has 3 aromatic rings. The molecular formula is C20H20F3N3O2. The second-order valence-corrected chi connectivity index (χ2v) is 7.39. The maximum atomic E-state index is 13.8. The molecule has 0 aliphatic heterocycles. The van der Waals surface area contributed by atoms with E-state index in [1.807, 2.05) is 0 Å². The highest BCUT2D eigenvalue weighted by molar-refractivity contribution is 5.70. The van der Waals surface area contributed by atoms with Crippen molar-refractivity contribution in [1.29, 1.82) is 0 Å². The van der Waals surface area contributed by atoms with Crippen LogP contribution in [-0.4, -0.2) is 19.7 Å². The fourth-order valence-electron chi connectivity index (χ4n) is 4.10. The number of phenols is 1. The Morgan fingerprint density at radius 1 is 1.18 bits per heavy atom. The van der Waals surface area contributed by atoms with Crippen LogP contribution < -0.4 is 5.56 Å². The van der Waals surface area contributed by atoms with Crippen molar-refractivity contribution < 1.29 is 18.3 Å². The third kappa shape index (κ3) is 3.16. The molecule has 0 bridgehead atoms. The van der Waals surface area contributed by atoms with E-state index in [-0.39, 0.29) is 34.1 Å². The van der Waals surface area contributed by atoms with Crippen molar-refractivity contribution in [3.05, 3.63) is 51.4 Å². The van der Waals surface area contributed by atoms with Gasteiger partial charge in [0.1, 0.15) is 11.4 Å². The smallest absolute Gasteiger partial charge is 0.435 e. The van der Waals surface area contributed by atoms with E-state index in [0.29, 0.717) is 12.8 Å². The highest BCUT2D eigenvalue weighted by atomic mass is 19.4. The normalized spacial score (nSPS) is 16.0. The zero-order valence-electron chi connectivity index (χ0n) is 15.3. The molecule has 1 aliphatic carbocycles. The number of rotatable bonds is 2. The lowest BCUT2D eigenvalue weighted by molar-refractivity contribution is -0.142. The number of fused-ring (bicyclic) bond motifs is 1. The van der Waals surface area contributed by atoms with Gasteiger partial charge in [-0.1, -0.05) is 25.3 Å². The van der Waals surface area contributed by atoms with Gasteiger partial charge in [-0.3, -0.25) is 4.79 Å². The molecule has 4 rings (SSSR count). The number of aromatic hydroxyl groups is 1. The van der Waals surface area contributed by atoms with E-state index in [4.69, 9.17) is 0 Å². The lowest BCUT2D eigenvalue weighted by Crippen LogP contribution is -2.14. The monoisotopic (exact) mass is 391 g/mol. The van der Waals surface area contributed by atoms with E-state index in [1.165, 1.54) is 6.07 Å². The second-order valence-electron chi connectivity index (χ2n) is 7.39. The van der Waals surface area contributed by atoms with Gasteiger partial charge < -0.3 is 10.1 Å².